The van der Waals surface area contributed by atoms with Gasteiger partial charge >= 0.3 is 5.97 Å². The van der Waals surface area contributed by atoms with Crippen molar-refractivity contribution >= 4 is 11.9 Å². The van der Waals surface area contributed by atoms with Crippen LogP contribution in [0.4, 0.5) is 0 Å². The van der Waals surface area contributed by atoms with Crippen LogP contribution in [0.3, 0.4) is 0 Å². The summed E-state index contributed by atoms with van der Waals surface area (Å²) < 4.78 is 5.08. The molecule has 0 aliphatic heterocycles. The van der Waals surface area contributed by atoms with E-state index in [1.54, 1.807) is 31.2 Å². The van der Waals surface area contributed by atoms with Crippen LogP contribution in [0, 0.1) is 6.92 Å². The van der Waals surface area contributed by atoms with Gasteiger partial charge in [-0.3, -0.25) is 9.59 Å². The monoisotopic (exact) mass is 273 g/mol. The molecule has 20 heavy (non-hydrogen) atoms. The highest BCUT2D eigenvalue weighted by atomic mass is 16.4. The van der Waals surface area contributed by atoms with Crippen molar-refractivity contribution in [3.05, 3.63) is 59.0 Å². The fourth-order valence-corrected chi connectivity index (χ4v) is 1.91. The van der Waals surface area contributed by atoms with Crippen molar-refractivity contribution in [3.63, 3.8) is 0 Å². The molecule has 2 N–H and O–H groups in total. The normalized spacial score (nSPS) is 10.2. The van der Waals surface area contributed by atoms with Gasteiger partial charge in [-0.15, -0.1) is 0 Å². The summed E-state index contributed by atoms with van der Waals surface area (Å²) in [6.45, 7) is 2.05. The minimum atomic E-state index is -0.894. The van der Waals surface area contributed by atoms with Crippen molar-refractivity contribution in [3.8, 4) is 0 Å². The number of nitrogens with one attached hydrogen (secondary N) is 1. The van der Waals surface area contributed by atoms with Gasteiger partial charge in [-0.25, -0.2) is 0 Å². The van der Waals surface area contributed by atoms with Gasteiger partial charge in [0, 0.05) is 6.54 Å². The minimum absolute atomic E-state index is 0.0587. The molecule has 1 amide bonds. The van der Waals surface area contributed by atoms with E-state index in [2.05, 4.69) is 5.32 Å². The predicted molar refractivity (Wildman–Crippen MR) is 72.4 cm³/mol. The van der Waals surface area contributed by atoms with E-state index in [1.165, 1.54) is 6.26 Å². The number of benzene rings is 1. The first-order valence-corrected chi connectivity index (χ1v) is 6.18. The lowest BCUT2D eigenvalue weighted by Gasteiger charge is -2.08. The molecule has 5 heteroatoms. The van der Waals surface area contributed by atoms with Crippen LogP contribution >= 0.6 is 0 Å². The molecule has 0 bridgehead atoms. The maximum Gasteiger partial charge on any atom is 0.307 e. The smallest absolute Gasteiger partial charge is 0.307 e. The van der Waals surface area contributed by atoms with Crippen molar-refractivity contribution < 1.29 is 19.1 Å². The van der Waals surface area contributed by atoms with E-state index in [1.807, 2.05) is 6.07 Å². The lowest BCUT2D eigenvalue weighted by atomic mass is 10.0. The van der Waals surface area contributed by atoms with Crippen LogP contribution in [-0.4, -0.2) is 17.0 Å². The van der Waals surface area contributed by atoms with Crippen molar-refractivity contribution in [2.75, 3.05) is 0 Å². The fraction of sp³-hybridized carbons (Fsp3) is 0.200. The Labute approximate surface area is 116 Å². The highest BCUT2D eigenvalue weighted by Crippen LogP contribution is 2.11. The first kappa shape index (κ1) is 13.9. The molecule has 1 aromatic heterocycles. The first-order valence-electron chi connectivity index (χ1n) is 6.18. The molecule has 0 saturated heterocycles. The third-order valence-electron chi connectivity index (χ3n) is 2.89. The molecule has 0 spiro atoms. The Kier molecular flexibility index (Phi) is 4.20. The molecule has 0 aliphatic carbocycles. The zero-order valence-corrected chi connectivity index (χ0v) is 11.1. The van der Waals surface area contributed by atoms with Gasteiger partial charge in [0.05, 0.1) is 12.0 Å². The molecule has 0 saturated carbocycles. The van der Waals surface area contributed by atoms with Crippen LogP contribution in [0.5, 0.6) is 0 Å². The van der Waals surface area contributed by atoms with Crippen LogP contribution < -0.4 is 5.32 Å². The van der Waals surface area contributed by atoms with E-state index in [0.717, 1.165) is 5.56 Å². The number of amides is 1. The molecular formula is C15H15NO4. The number of carboxylic acids is 1. The second-order valence-corrected chi connectivity index (χ2v) is 4.47. The van der Waals surface area contributed by atoms with Gasteiger partial charge in [0.25, 0.3) is 5.91 Å². The molecule has 0 atom stereocenters. The van der Waals surface area contributed by atoms with Crippen LogP contribution in [-0.2, 0) is 17.8 Å². The van der Waals surface area contributed by atoms with Gasteiger partial charge in [0.2, 0.25) is 0 Å². The number of carbonyl (C=O) groups is 2. The summed E-state index contributed by atoms with van der Waals surface area (Å²) in [7, 11) is 0. The minimum Gasteiger partial charge on any atom is -0.481 e. The average Bonchev–Trinajstić information content (AvgIpc) is 2.83. The zero-order valence-electron chi connectivity index (χ0n) is 11.1. The van der Waals surface area contributed by atoms with Gasteiger partial charge in [-0.05, 0) is 24.1 Å². The molecule has 0 fully saturated rings. The van der Waals surface area contributed by atoms with Gasteiger partial charge in [-0.1, -0.05) is 24.3 Å². The number of hydrogen-bond acceptors (Lipinski definition) is 3. The maximum absolute atomic E-state index is 11.9. The summed E-state index contributed by atoms with van der Waals surface area (Å²) >= 11 is 0. The Morgan fingerprint density at radius 3 is 2.55 bits per heavy atom. The van der Waals surface area contributed by atoms with E-state index < -0.39 is 5.97 Å². The number of aliphatic carboxylic acids is 1. The standard InChI is InChI=1S/C15H15NO4/c1-10-6-13(9-20-10)15(19)16-8-12-5-3-2-4-11(12)7-14(17)18/h2-6,9H,7-8H2,1H3,(H,16,19)(H,17,18). The van der Waals surface area contributed by atoms with Gasteiger partial charge in [0.15, 0.2) is 0 Å². The molecule has 0 radical (unpaired) electrons. The molecule has 2 rings (SSSR count). The van der Waals surface area contributed by atoms with E-state index in [0.29, 0.717) is 16.9 Å². The Balaban J connectivity index is 2.03. The maximum atomic E-state index is 11.9. The van der Waals surface area contributed by atoms with E-state index in [-0.39, 0.29) is 18.9 Å². The molecule has 1 heterocycles. The highest BCUT2D eigenvalue weighted by Gasteiger charge is 2.10. The van der Waals surface area contributed by atoms with E-state index >= 15 is 0 Å². The van der Waals surface area contributed by atoms with E-state index in [9.17, 15) is 9.59 Å². The summed E-state index contributed by atoms with van der Waals surface area (Å²) in [5.74, 6) is -0.470. The van der Waals surface area contributed by atoms with Crippen molar-refractivity contribution in [1.82, 2.24) is 5.32 Å². The van der Waals surface area contributed by atoms with Crippen LogP contribution in [0.15, 0.2) is 41.0 Å². The molecule has 104 valence electrons. The third-order valence-corrected chi connectivity index (χ3v) is 2.89. The fourth-order valence-electron chi connectivity index (χ4n) is 1.91. The molecule has 0 unspecified atom stereocenters. The van der Waals surface area contributed by atoms with Crippen molar-refractivity contribution in [1.29, 1.82) is 0 Å². The predicted octanol–water partition coefficient (Wildman–Crippen LogP) is 2.15. The summed E-state index contributed by atoms with van der Waals surface area (Å²) in [6, 6.07) is 8.80. The van der Waals surface area contributed by atoms with Crippen LogP contribution in [0.25, 0.3) is 0 Å². The quantitative estimate of drug-likeness (QED) is 0.874. The molecule has 2 aromatic rings. The topological polar surface area (TPSA) is 79.5 Å². The molecular weight excluding hydrogens is 258 g/mol. The second-order valence-electron chi connectivity index (χ2n) is 4.47. The third kappa shape index (κ3) is 3.47. The highest BCUT2D eigenvalue weighted by molar-refractivity contribution is 5.93. The van der Waals surface area contributed by atoms with Crippen molar-refractivity contribution in [2.24, 2.45) is 0 Å². The van der Waals surface area contributed by atoms with Gasteiger partial charge < -0.3 is 14.8 Å². The average molecular weight is 273 g/mol. The first-order chi connectivity index (χ1) is 9.56. The lowest BCUT2D eigenvalue weighted by molar-refractivity contribution is -0.136. The SMILES string of the molecule is Cc1cc(C(=O)NCc2ccccc2CC(=O)O)co1. The van der Waals surface area contributed by atoms with Crippen molar-refractivity contribution in [2.45, 2.75) is 19.9 Å². The number of carbonyl (C=O) groups excluding carboxylic acids is 1. The van der Waals surface area contributed by atoms with E-state index in [4.69, 9.17) is 9.52 Å². The van der Waals surface area contributed by atoms with Crippen LogP contribution in [0.2, 0.25) is 0 Å². The summed E-state index contributed by atoms with van der Waals surface area (Å²) in [6.07, 6.45) is 1.34. The number of hydrogen-bond donors (Lipinski definition) is 2. The van der Waals surface area contributed by atoms with Gasteiger partial charge in [0.1, 0.15) is 12.0 Å². The number of rotatable bonds is 5. The summed E-state index contributed by atoms with van der Waals surface area (Å²) in [4.78, 5) is 22.7. The summed E-state index contributed by atoms with van der Waals surface area (Å²) in [5.41, 5.74) is 1.95. The molecule has 1 aromatic carbocycles. The Bertz CT molecular complexity index is 630. The lowest BCUT2D eigenvalue weighted by Crippen LogP contribution is -2.23. The van der Waals surface area contributed by atoms with Crippen LogP contribution in [0.1, 0.15) is 27.2 Å². The Morgan fingerprint density at radius 1 is 1.25 bits per heavy atom. The number of furan rings is 1. The Hall–Kier alpha value is -2.56. The second kappa shape index (κ2) is 6.06. The largest absolute Gasteiger partial charge is 0.481 e. The molecule has 0 aliphatic rings. The number of carboxylic acid groups (broad SMARTS) is 1. The Morgan fingerprint density at radius 2 is 1.95 bits per heavy atom. The summed E-state index contributed by atoms with van der Waals surface area (Å²) in [5, 5.41) is 11.6. The molecule has 5 nitrogen and oxygen atoms in total. The van der Waals surface area contributed by atoms with Gasteiger partial charge in [-0.2, -0.15) is 0 Å². The zero-order chi connectivity index (χ0) is 14.5. The number of aryl methyl sites for hydroxylation is 1.